The van der Waals surface area contributed by atoms with Crippen LogP contribution in [-0.4, -0.2) is 52.5 Å². The molecule has 6 heteroatoms. The first-order chi connectivity index (χ1) is 11.8. The van der Waals surface area contributed by atoms with E-state index in [0.717, 1.165) is 56.5 Å². The van der Waals surface area contributed by atoms with Crippen LogP contribution in [-0.2, 0) is 15.9 Å². The van der Waals surface area contributed by atoms with Crippen molar-refractivity contribution < 1.29 is 9.47 Å². The molecular formula is C18H30ClN3O2. The van der Waals surface area contributed by atoms with Gasteiger partial charge in [0.2, 0.25) is 0 Å². The molecule has 0 aliphatic carbocycles. The first kappa shape index (κ1) is 20.7. The lowest BCUT2D eigenvalue weighted by Gasteiger charge is -2.11. The van der Waals surface area contributed by atoms with Gasteiger partial charge in [-0.25, -0.2) is 0 Å². The Morgan fingerprint density at radius 3 is 2.71 bits per heavy atom. The highest BCUT2D eigenvalue weighted by Gasteiger charge is 2.00. The first-order valence-electron chi connectivity index (χ1n) is 8.60. The Balaban J connectivity index is 2.21. The maximum absolute atomic E-state index is 6.17. The van der Waals surface area contributed by atoms with Crippen LogP contribution in [0.25, 0.3) is 0 Å². The van der Waals surface area contributed by atoms with Gasteiger partial charge >= 0.3 is 0 Å². The third-order valence-corrected chi connectivity index (χ3v) is 3.73. The van der Waals surface area contributed by atoms with Crippen LogP contribution in [0.4, 0.5) is 0 Å². The maximum atomic E-state index is 6.17. The molecule has 5 nitrogen and oxygen atoms in total. The SMILES string of the molecule is CCNC(=NCCCc1ccccc1Cl)NCCCOCCOC. The number of aryl methyl sites for hydroxylation is 1. The molecule has 1 aromatic rings. The molecule has 1 rings (SSSR count). The van der Waals surface area contributed by atoms with Gasteiger partial charge in [-0.1, -0.05) is 29.8 Å². The van der Waals surface area contributed by atoms with Crippen LogP contribution in [0.15, 0.2) is 29.3 Å². The van der Waals surface area contributed by atoms with Crippen LogP contribution in [0.2, 0.25) is 5.02 Å². The smallest absolute Gasteiger partial charge is 0.191 e. The fourth-order valence-corrected chi connectivity index (χ4v) is 2.36. The number of nitrogens with one attached hydrogen (secondary N) is 2. The second kappa shape index (κ2) is 14.1. The van der Waals surface area contributed by atoms with Gasteiger partial charge in [0.15, 0.2) is 5.96 Å². The molecule has 0 atom stereocenters. The second-order valence-electron chi connectivity index (χ2n) is 5.34. The van der Waals surface area contributed by atoms with Gasteiger partial charge in [-0.3, -0.25) is 4.99 Å². The van der Waals surface area contributed by atoms with E-state index in [1.807, 2.05) is 18.2 Å². The van der Waals surface area contributed by atoms with Crippen LogP contribution in [0.5, 0.6) is 0 Å². The molecule has 0 aromatic heterocycles. The minimum Gasteiger partial charge on any atom is -0.382 e. The molecule has 136 valence electrons. The van der Waals surface area contributed by atoms with Crippen molar-refractivity contribution >= 4 is 17.6 Å². The molecule has 0 bridgehead atoms. The van der Waals surface area contributed by atoms with E-state index < -0.39 is 0 Å². The zero-order valence-electron chi connectivity index (χ0n) is 14.8. The topological polar surface area (TPSA) is 54.9 Å². The molecule has 0 amide bonds. The van der Waals surface area contributed by atoms with Crippen molar-refractivity contribution in [3.05, 3.63) is 34.9 Å². The van der Waals surface area contributed by atoms with Gasteiger partial charge in [0.05, 0.1) is 13.2 Å². The average molecular weight is 356 g/mol. The van der Waals surface area contributed by atoms with Crippen LogP contribution in [0.1, 0.15) is 25.3 Å². The second-order valence-corrected chi connectivity index (χ2v) is 5.75. The summed E-state index contributed by atoms with van der Waals surface area (Å²) in [5.41, 5.74) is 1.18. The number of hydrogen-bond donors (Lipinski definition) is 2. The number of hydrogen-bond acceptors (Lipinski definition) is 3. The molecule has 0 unspecified atom stereocenters. The molecule has 0 spiro atoms. The maximum Gasteiger partial charge on any atom is 0.191 e. The quantitative estimate of drug-likeness (QED) is 0.344. The van der Waals surface area contributed by atoms with Crippen molar-refractivity contribution in [3.8, 4) is 0 Å². The molecule has 0 aliphatic rings. The number of guanidine groups is 1. The van der Waals surface area contributed by atoms with Gasteiger partial charge in [-0.05, 0) is 37.8 Å². The fraction of sp³-hybridized carbons (Fsp3) is 0.611. The van der Waals surface area contributed by atoms with Gasteiger partial charge in [-0.2, -0.15) is 0 Å². The lowest BCUT2D eigenvalue weighted by molar-refractivity contribution is 0.0698. The first-order valence-corrected chi connectivity index (χ1v) is 8.98. The van der Waals surface area contributed by atoms with Crippen molar-refractivity contribution in [1.29, 1.82) is 0 Å². The van der Waals surface area contributed by atoms with Crippen molar-refractivity contribution in [1.82, 2.24) is 10.6 Å². The van der Waals surface area contributed by atoms with Crippen LogP contribution < -0.4 is 10.6 Å². The number of benzene rings is 1. The summed E-state index contributed by atoms with van der Waals surface area (Å²) in [5.74, 6) is 0.855. The third-order valence-electron chi connectivity index (χ3n) is 3.37. The Hall–Kier alpha value is -1.30. The summed E-state index contributed by atoms with van der Waals surface area (Å²) in [7, 11) is 1.68. The normalized spacial score (nSPS) is 11.5. The van der Waals surface area contributed by atoms with E-state index in [2.05, 4.69) is 28.6 Å². The number of rotatable bonds is 12. The van der Waals surface area contributed by atoms with E-state index in [-0.39, 0.29) is 0 Å². The molecule has 2 N–H and O–H groups in total. The molecule has 1 aromatic carbocycles. The number of methoxy groups -OCH3 is 1. The van der Waals surface area contributed by atoms with Crippen molar-refractivity contribution in [2.24, 2.45) is 4.99 Å². The predicted octanol–water partition coefficient (Wildman–Crippen LogP) is 2.88. The highest BCUT2D eigenvalue weighted by Crippen LogP contribution is 2.16. The Bertz CT molecular complexity index is 469. The lowest BCUT2D eigenvalue weighted by atomic mass is 10.1. The van der Waals surface area contributed by atoms with Gasteiger partial charge in [0, 0.05) is 38.4 Å². The van der Waals surface area contributed by atoms with E-state index in [9.17, 15) is 0 Å². The summed E-state index contributed by atoms with van der Waals surface area (Å²) in [6.45, 7) is 6.53. The summed E-state index contributed by atoms with van der Waals surface area (Å²) >= 11 is 6.17. The number of nitrogens with zero attached hydrogens (tertiary/aromatic N) is 1. The molecule has 0 saturated carbocycles. The van der Waals surface area contributed by atoms with Crippen molar-refractivity contribution in [2.75, 3.05) is 46.6 Å². The molecule has 0 heterocycles. The van der Waals surface area contributed by atoms with Crippen molar-refractivity contribution in [2.45, 2.75) is 26.2 Å². The standard InChI is InChI=1S/C18H30ClN3O2/c1-3-20-18(22-12-7-13-24-15-14-23-2)21-11-6-9-16-8-4-5-10-17(16)19/h4-5,8,10H,3,6-7,9,11-15H2,1-2H3,(H2,20,21,22). The Morgan fingerprint density at radius 2 is 1.96 bits per heavy atom. The lowest BCUT2D eigenvalue weighted by Crippen LogP contribution is -2.38. The van der Waals surface area contributed by atoms with E-state index in [0.29, 0.717) is 13.2 Å². The van der Waals surface area contributed by atoms with Gasteiger partial charge in [0.25, 0.3) is 0 Å². The Morgan fingerprint density at radius 1 is 1.12 bits per heavy atom. The van der Waals surface area contributed by atoms with E-state index >= 15 is 0 Å². The summed E-state index contributed by atoms with van der Waals surface area (Å²) < 4.78 is 10.4. The van der Waals surface area contributed by atoms with Crippen molar-refractivity contribution in [3.63, 3.8) is 0 Å². The van der Waals surface area contributed by atoms with Crippen LogP contribution in [0, 0.1) is 0 Å². The Kier molecular flexibility index (Phi) is 12.2. The highest BCUT2D eigenvalue weighted by atomic mass is 35.5. The van der Waals surface area contributed by atoms with E-state index in [4.69, 9.17) is 21.1 Å². The molecule has 0 saturated heterocycles. The molecule has 0 aliphatic heterocycles. The minimum absolute atomic E-state index is 0.642. The number of aliphatic imine (C=N–C) groups is 1. The zero-order valence-corrected chi connectivity index (χ0v) is 15.6. The number of ether oxygens (including phenoxy) is 2. The molecular weight excluding hydrogens is 326 g/mol. The van der Waals surface area contributed by atoms with E-state index in [1.165, 1.54) is 5.56 Å². The van der Waals surface area contributed by atoms with Gasteiger partial charge in [-0.15, -0.1) is 0 Å². The fourth-order valence-electron chi connectivity index (χ4n) is 2.13. The molecule has 24 heavy (non-hydrogen) atoms. The average Bonchev–Trinajstić information content (AvgIpc) is 2.59. The molecule has 0 fully saturated rings. The predicted molar refractivity (Wildman–Crippen MR) is 101 cm³/mol. The van der Waals surface area contributed by atoms with Crippen LogP contribution in [0.3, 0.4) is 0 Å². The Labute approximate surface area is 150 Å². The molecule has 0 radical (unpaired) electrons. The summed E-state index contributed by atoms with van der Waals surface area (Å²) in [6, 6.07) is 7.97. The summed E-state index contributed by atoms with van der Waals surface area (Å²) in [5, 5.41) is 7.41. The highest BCUT2D eigenvalue weighted by molar-refractivity contribution is 6.31. The summed E-state index contributed by atoms with van der Waals surface area (Å²) in [4.78, 5) is 4.60. The monoisotopic (exact) mass is 355 g/mol. The van der Waals surface area contributed by atoms with Gasteiger partial charge < -0.3 is 20.1 Å². The third kappa shape index (κ3) is 9.75. The zero-order chi connectivity index (χ0) is 17.5. The van der Waals surface area contributed by atoms with Crippen LogP contribution >= 0.6 is 11.6 Å². The van der Waals surface area contributed by atoms with Gasteiger partial charge in [0.1, 0.15) is 0 Å². The van der Waals surface area contributed by atoms with E-state index in [1.54, 1.807) is 7.11 Å². The minimum atomic E-state index is 0.642. The number of halogens is 1. The largest absolute Gasteiger partial charge is 0.382 e. The summed E-state index contributed by atoms with van der Waals surface area (Å²) in [6.07, 6.45) is 2.85.